The van der Waals surface area contributed by atoms with Crippen LogP contribution in [-0.4, -0.2) is 28.8 Å². The summed E-state index contributed by atoms with van der Waals surface area (Å²) >= 11 is 12.7. The molecule has 0 spiro atoms. The van der Waals surface area contributed by atoms with Crippen LogP contribution in [0.1, 0.15) is 62.1 Å². The number of carbonyl (C=O) groups is 2. The number of halogens is 2. The van der Waals surface area contributed by atoms with Gasteiger partial charge in [-0.15, -0.1) is 0 Å². The average Bonchev–Trinajstić information content (AvgIpc) is 2.78. The SMILES string of the molecule is CC[C@@H](C(=O)NC1CCCCC1)N(Cc1ccccc1C)C(=O)Cc1c(Cl)cccc1Cl. The number of benzene rings is 2. The molecule has 32 heavy (non-hydrogen) atoms. The van der Waals surface area contributed by atoms with Crippen molar-refractivity contribution in [2.75, 3.05) is 0 Å². The van der Waals surface area contributed by atoms with Crippen molar-refractivity contribution in [3.05, 3.63) is 69.2 Å². The highest BCUT2D eigenvalue weighted by Gasteiger charge is 2.31. The second kappa shape index (κ2) is 11.7. The molecule has 1 atom stereocenters. The third-order valence-electron chi connectivity index (χ3n) is 6.33. The zero-order chi connectivity index (χ0) is 23.1. The van der Waals surface area contributed by atoms with Gasteiger partial charge in [-0.2, -0.15) is 0 Å². The van der Waals surface area contributed by atoms with E-state index in [-0.39, 0.29) is 24.3 Å². The maximum absolute atomic E-state index is 13.6. The molecule has 0 heterocycles. The Kier molecular flexibility index (Phi) is 9.01. The second-order valence-corrected chi connectivity index (χ2v) is 9.41. The Morgan fingerprint density at radius 3 is 2.31 bits per heavy atom. The smallest absolute Gasteiger partial charge is 0.243 e. The monoisotopic (exact) mass is 474 g/mol. The summed E-state index contributed by atoms with van der Waals surface area (Å²) in [7, 11) is 0. The molecule has 2 aromatic carbocycles. The van der Waals surface area contributed by atoms with Crippen LogP contribution in [0, 0.1) is 6.92 Å². The van der Waals surface area contributed by atoms with Crippen LogP contribution in [0.4, 0.5) is 0 Å². The maximum atomic E-state index is 13.6. The van der Waals surface area contributed by atoms with Crippen LogP contribution < -0.4 is 5.32 Å². The Morgan fingerprint density at radius 1 is 1.03 bits per heavy atom. The minimum Gasteiger partial charge on any atom is -0.352 e. The van der Waals surface area contributed by atoms with Crippen molar-refractivity contribution in [2.45, 2.75) is 77.4 Å². The highest BCUT2D eigenvalue weighted by atomic mass is 35.5. The number of hydrogen-bond donors (Lipinski definition) is 1. The fourth-order valence-electron chi connectivity index (χ4n) is 4.39. The van der Waals surface area contributed by atoms with Crippen molar-refractivity contribution < 1.29 is 9.59 Å². The van der Waals surface area contributed by atoms with Crippen LogP contribution in [0.5, 0.6) is 0 Å². The van der Waals surface area contributed by atoms with Crippen molar-refractivity contribution in [3.8, 4) is 0 Å². The van der Waals surface area contributed by atoms with E-state index in [9.17, 15) is 9.59 Å². The highest BCUT2D eigenvalue weighted by Crippen LogP contribution is 2.26. The maximum Gasteiger partial charge on any atom is 0.243 e. The Morgan fingerprint density at radius 2 is 1.69 bits per heavy atom. The average molecular weight is 475 g/mol. The van der Waals surface area contributed by atoms with Crippen LogP contribution in [0.25, 0.3) is 0 Å². The Hall–Kier alpha value is -2.04. The minimum atomic E-state index is -0.551. The molecular formula is C26H32Cl2N2O2. The minimum absolute atomic E-state index is 0.0532. The number of amides is 2. The van der Waals surface area contributed by atoms with E-state index in [1.54, 1.807) is 23.1 Å². The molecule has 1 aliphatic rings. The molecule has 1 N–H and O–H groups in total. The summed E-state index contributed by atoms with van der Waals surface area (Å²) in [5.41, 5.74) is 2.71. The Bertz CT molecular complexity index is 921. The number of nitrogens with zero attached hydrogens (tertiary/aromatic N) is 1. The third-order valence-corrected chi connectivity index (χ3v) is 7.04. The van der Waals surface area contributed by atoms with E-state index in [2.05, 4.69) is 5.32 Å². The molecule has 4 nitrogen and oxygen atoms in total. The summed E-state index contributed by atoms with van der Waals surface area (Å²) in [5.74, 6) is -0.236. The van der Waals surface area contributed by atoms with E-state index in [4.69, 9.17) is 23.2 Å². The van der Waals surface area contributed by atoms with Gasteiger partial charge in [0.05, 0.1) is 6.42 Å². The third kappa shape index (κ3) is 6.26. The van der Waals surface area contributed by atoms with Gasteiger partial charge in [-0.1, -0.05) is 79.7 Å². The molecule has 2 amide bonds. The fraction of sp³-hybridized carbons (Fsp3) is 0.462. The van der Waals surface area contributed by atoms with Crippen molar-refractivity contribution >= 4 is 35.0 Å². The second-order valence-electron chi connectivity index (χ2n) is 8.59. The van der Waals surface area contributed by atoms with Gasteiger partial charge in [0.15, 0.2) is 0 Å². The van der Waals surface area contributed by atoms with E-state index in [1.807, 2.05) is 38.1 Å². The normalized spacial score (nSPS) is 15.2. The molecule has 0 bridgehead atoms. The first-order valence-electron chi connectivity index (χ1n) is 11.5. The molecule has 3 rings (SSSR count). The number of nitrogens with one attached hydrogen (secondary N) is 1. The summed E-state index contributed by atoms with van der Waals surface area (Å²) in [4.78, 5) is 28.5. The zero-order valence-electron chi connectivity index (χ0n) is 18.9. The molecule has 172 valence electrons. The zero-order valence-corrected chi connectivity index (χ0v) is 20.4. The van der Waals surface area contributed by atoms with Crippen LogP contribution in [0.15, 0.2) is 42.5 Å². The van der Waals surface area contributed by atoms with E-state index < -0.39 is 6.04 Å². The molecule has 0 unspecified atom stereocenters. The summed E-state index contributed by atoms with van der Waals surface area (Å²) in [5, 5.41) is 4.13. The van der Waals surface area contributed by atoms with Crippen LogP contribution in [0.2, 0.25) is 10.0 Å². The quantitative estimate of drug-likeness (QED) is 0.502. The lowest BCUT2D eigenvalue weighted by molar-refractivity contribution is -0.141. The summed E-state index contributed by atoms with van der Waals surface area (Å²) in [6, 6.07) is 12.8. The lowest BCUT2D eigenvalue weighted by atomic mass is 9.95. The molecule has 2 aromatic rings. The Balaban J connectivity index is 1.86. The van der Waals surface area contributed by atoms with Gasteiger partial charge < -0.3 is 10.2 Å². The van der Waals surface area contributed by atoms with Gasteiger partial charge in [0.1, 0.15) is 6.04 Å². The molecule has 1 aliphatic carbocycles. The van der Waals surface area contributed by atoms with E-state index >= 15 is 0 Å². The van der Waals surface area contributed by atoms with Crippen LogP contribution in [0.3, 0.4) is 0 Å². The lowest BCUT2D eigenvalue weighted by Gasteiger charge is -2.33. The lowest BCUT2D eigenvalue weighted by Crippen LogP contribution is -2.52. The summed E-state index contributed by atoms with van der Waals surface area (Å²) < 4.78 is 0. The largest absolute Gasteiger partial charge is 0.352 e. The molecule has 0 aromatic heterocycles. The molecule has 0 radical (unpaired) electrons. The summed E-state index contributed by atoms with van der Waals surface area (Å²) in [6.45, 7) is 4.34. The standard InChI is InChI=1S/C26H32Cl2N2O2/c1-3-24(26(32)29-20-12-5-4-6-13-20)30(17-19-11-8-7-10-18(19)2)25(31)16-21-22(27)14-9-15-23(21)28/h7-11,14-15,20,24H,3-6,12-13,16-17H2,1-2H3,(H,29,32)/t24-/m0/s1. The van der Waals surface area contributed by atoms with E-state index in [0.717, 1.165) is 36.8 Å². The van der Waals surface area contributed by atoms with E-state index in [1.165, 1.54) is 6.42 Å². The predicted molar refractivity (Wildman–Crippen MR) is 131 cm³/mol. The molecule has 6 heteroatoms. The van der Waals surface area contributed by atoms with Gasteiger partial charge >= 0.3 is 0 Å². The molecule has 0 saturated heterocycles. The van der Waals surface area contributed by atoms with Crippen molar-refractivity contribution in [1.82, 2.24) is 10.2 Å². The van der Waals surface area contributed by atoms with E-state index in [0.29, 0.717) is 28.6 Å². The van der Waals surface area contributed by atoms with Gasteiger partial charge in [-0.3, -0.25) is 9.59 Å². The fourth-order valence-corrected chi connectivity index (χ4v) is 4.92. The molecule has 0 aliphatic heterocycles. The van der Waals surface area contributed by atoms with Crippen molar-refractivity contribution in [1.29, 1.82) is 0 Å². The first-order valence-corrected chi connectivity index (χ1v) is 12.2. The predicted octanol–water partition coefficient (Wildman–Crippen LogP) is 6.10. The topological polar surface area (TPSA) is 49.4 Å². The first-order chi connectivity index (χ1) is 15.4. The number of rotatable bonds is 8. The van der Waals surface area contributed by atoms with Gasteiger partial charge in [0.25, 0.3) is 0 Å². The van der Waals surface area contributed by atoms with Gasteiger partial charge in [0, 0.05) is 22.6 Å². The van der Waals surface area contributed by atoms with Crippen molar-refractivity contribution in [2.24, 2.45) is 0 Å². The summed E-state index contributed by atoms with van der Waals surface area (Å²) in [6.07, 6.45) is 6.09. The van der Waals surface area contributed by atoms with Crippen molar-refractivity contribution in [3.63, 3.8) is 0 Å². The highest BCUT2D eigenvalue weighted by molar-refractivity contribution is 6.36. The Labute approximate surface area is 201 Å². The van der Waals surface area contributed by atoms with Gasteiger partial charge in [-0.05, 0) is 55.0 Å². The van der Waals surface area contributed by atoms with Gasteiger partial charge in [0.2, 0.25) is 11.8 Å². The van der Waals surface area contributed by atoms with Gasteiger partial charge in [-0.25, -0.2) is 0 Å². The number of carbonyl (C=O) groups excluding carboxylic acids is 2. The molecular weight excluding hydrogens is 443 g/mol. The number of aryl methyl sites for hydroxylation is 1. The molecule has 1 fully saturated rings. The number of hydrogen-bond acceptors (Lipinski definition) is 2. The van der Waals surface area contributed by atoms with Crippen LogP contribution >= 0.6 is 23.2 Å². The first kappa shape index (κ1) is 24.6. The van der Waals surface area contributed by atoms with Crippen LogP contribution in [-0.2, 0) is 22.6 Å². The molecule has 1 saturated carbocycles.